The Labute approximate surface area is 108 Å². The Kier molecular flexibility index (Phi) is 22.4. The number of rotatable bonds is 5. The van der Waals surface area contributed by atoms with E-state index >= 15 is 0 Å². The Morgan fingerprint density at radius 2 is 0.882 bits per heavy atom. The van der Waals surface area contributed by atoms with Crippen LogP contribution in [0, 0.1) is 0 Å². The van der Waals surface area contributed by atoms with E-state index in [4.69, 9.17) is 4.74 Å². The zero-order chi connectivity index (χ0) is 13.2. The summed E-state index contributed by atoms with van der Waals surface area (Å²) in [6.45, 7) is 10.1. The summed E-state index contributed by atoms with van der Waals surface area (Å²) in [6, 6.07) is 12.0. The monoisotopic (exact) mass is 238 g/mol. The molecule has 0 saturated carbocycles. The summed E-state index contributed by atoms with van der Waals surface area (Å²) in [4.78, 5) is 0. The van der Waals surface area contributed by atoms with Crippen LogP contribution in [0.4, 0.5) is 0 Å². The van der Waals surface area contributed by atoms with Crippen LogP contribution in [0.3, 0.4) is 0 Å². The van der Waals surface area contributed by atoms with Crippen molar-refractivity contribution >= 4 is 0 Å². The Morgan fingerprint density at radius 1 is 0.588 bits per heavy atom. The van der Waals surface area contributed by atoms with Crippen LogP contribution in [0.1, 0.15) is 53.4 Å². The summed E-state index contributed by atoms with van der Waals surface area (Å²) in [6.07, 6.45) is 5.54. The second-order valence-electron chi connectivity index (χ2n) is 3.64. The summed E-state index contributed by atoms with van der Waals surface area (Å²) in [5.74, 6) is 0. The van der Waals surface area contributed by atoms with E-state index in [0.717, 1.165) is 13.2 Å². The quantitative estimate of drug-likeness (QED) is 0.631. The molecule has 0 aromatic heterocycles. The molecule has 0 atom stereocenters. The Morgan fingerprint density at radius 3 is 1.00 bits per heavy atom. The van der Waals surface area contributed by atoms with Crippen LogP contribution in [-0.2, 0) is 4.74 Å². The number of unbranched alkanes of at least 4 members (excludes halogenated alkanes) is 3. The molecular formula is C16H30O. The smallest absolute Gasteiger partial charge is 0.0437 e. The number of hydrogen-bond acceptors (Lipinski definition) is 1. The molecule has 17 heavy (non-hydrogen) atoms. The first-order valence-electron chi connectivity index (χ1n) is 6.91. The lowest BCUT2D eigenvalue weighted by Crippen LogP contribution is -1.84. The molecule has 0 unspecified atom stereocenters. The number of hydrogen-bond donors (Lipinski definition) is 0. The summed E-state index contributed by atoms with van der Waals surface area (Å²) in [7, 11) is 0. The lowest BCUT2D eigenvalue weighted by molar-refractivity contribution is 0.162. The normalized spacial score (nSPS) is 8.47. The lowest BCUT2D eigenvalue weighted by atomic mass is 10.2. The van der Waals surface area contributed by atoms with Crippen molar-refractivity contribution in [2.45, 2.75) is 53.4 Å². The molecule has 0 aliphatic carbocycles. The SMILES string of the molecule is CCCCCC.CCOCC.c1ccccc1. The van der Waals surface area contributed by atoms with Crippen molar-refractivity contribution in [1.29, 1.82) is 0 Å². The Hall–Kier alpha value is -0.820. The fraction of sp³-hybridized carbons (Fsp3) is 0.625. The Balaban J connectivity index is 0. The van der Waals surface area contributed by atoms with Gasteiger partial charge in [-0.2, -0.15) is 0 Å². The maximum atomic E-state index is 4.83. The summed E-state index contributed by atoms with van der Waals surface area (Å²) >= 11 is 0. The van der Waals surface area contributed by atoms with Crippen molar-refractivity contribution in [2.24, 2.45) is 0 Å². The third kappa shape index (κ3) is 25.4. The van der Waals surface area contributed by atoms with E-state index in [1.807, 2.05) is 50.2 Å². The molecule has 0 radical (unpaired) electrons. The molecule has 0 aliphatic heterocycles. The largest absolute Gasteiger partial charge is 0.382 e. The summed E-state index contributed by atoms with van der Waals surface area (Å²) < 4.78 is 4.83. The first-order chi connectivity index (χ1) is 8.33. The predicted octanol–water partition coefficient (Wildman–Crippen LogP) is 5.32. The van der Waals surface area contributed by atoms with Crippen LogP contribution in [0.5, 0.6) is 0 Å². The molecule has 0 amide bonds. The van der Waals surface area contributed by atoms with Crippen molar-refractivity contribution in [3.05, 3.63) is 36.4 Å². The maximum Gasteiger partial charge on any atom is 0.0437 e. The zero-order valence-electron chi connectivity index (χ0n) is 12.1. The summed E-state index contributed by atoms with van der Waals surface area (Å²) in [5.41, 5.74) is 0. The van der Waals surface area contributed by atoms with Gasteiger partial charge in [-0.15, -0.1) is 0 Å². The van der Waals surface area contributed by atoms with Gasteiger partial charge in [0.15, 0.2) is 0 Å². The first-order valence-corrected chi connectivity index (χ1v) is 6.91. The van der Waals surface area contributed by atoms with Crippen molar-refractivity contribution in [3.63, 3.8) is 0 Å². The van der Waals surface area contributed by atoms with E-state index in [-0.39, 0.29) is 0 Å². The fourth-order valence-electron chi connectivity index (χ4n) is 1.09. The third-order valence-corrected chi connectivity index (χ3v) is 2.03. The highest BCUT2D eigenvalue weighted by Gasteiger charge is 1.75. The molecule has 0 spiro atoms. The topological polar surface area (TPSA) is 9.23 Å². The van der Waals surface area contributed by atoms with Crippen LogP contribution >= 0.6 is 0 Å². The van der Waals surface area contributed by atoms with Gasteiger partial charge in [0, 0.05) is 13.2 Å². The highest BCUT2D eigenvalue weighted by atomic mass is 16.5. The van der Waals surface area contributed by atoms with Crippen LogP contribution < -0.4 is 0 Å². The molecule has 0 saturated heterocycles. The minimum atomic E-state index is 0.844. The molecule has 1 nitrogen and oxygen atoms in total. The number of ether oxygens (including phenoxy) is 1. The van der Waals surface area contributed by atoms with Gasteiger partial charge < -0.3 is 4.74 Å². The Bertz CT molecular complexity index is 151. The van der Waals surface area contributed by atoms with E-state index < -0.39 is 0 Å². The lowest BCUT2D eigenvalue weighted by Gasteiger charge is -1.86. The van der Waals surface area contributed by atoms with Crippen molar-refractivity contribution in [2.75, 3.05) is 13.2 Å². The van der Waals surface area contributed by atoms with E-state index in [1.54, 1.807) is 0 Å². The molecule has 1 rings (SSSR count). The highest BCUT2D eigenvalue weighted by Crippen LogP contribution is 1.95. The molecular weight excluding hydrogens is 208 g/mol. The minimum absolute atomic E-state index is 0.844. The molecule has 1 aromatic carbocycles. The van der Waals surface area contributed by atoms with Crippen LogP contribution in [-0.4, -0.2) is 13.2 Å². The van der Waals surface area contributed by atoms with Gasteiger partial charge in [0.2, 0.25) is 0 Å². The van der Waals surface area contributed by atoms with E-state index in [9.17, 15) is 0 Å². The van der Waals surface area contributed by atoms with Gasteiger partial charge in [-0.05, 0) is 13.8 Å². The van der Waals surface area contributed by atoms with E-state index in [1.165, 1.54) is 25.7 Å². The van der Waals surface area contributed by atoms with Crippen LogP contribution in [0.15, 0.2) is 36.4 Å². The second-order valence-corrected chi connectivity index (χ2v) is 3.64. The highest BCUT2D eigenvalue weighted by molar-refractivity contribution is 4.99. The first kappa shape index (κ1) is 18.5. The molecule has 1 aromatic rings. The standard InChI is InChI=1S/C6H6.C6H14.C4H10O/c1-2-4-6-5-3-1;1-3-5-6-4-2;1-3-5-4-2/h1-6H;3-6H2,1-2H3;3-4H2,1-2H3. The van der Waals surface area contributed by atoms with Gasteiger partial charge in [-0.3, -0.25) is 0 Å². The van der Waals surface area contributed by atoms with Crippen molar-refractivity contribution in [1.82, 2.24) is 0 Å². The second kappa shape index (κ2) is 20.6. The van der Waals surface area contributed by atoms with Crippen molar-refractivity contribution in [3.8, 4) is 0 Å². The van der Waals surface area contributed by atoms with Gasteiger partial charge in [-0.1, -0.05) is 75.9 Å². The molecule has 100 valence electrons. The van der Waals surface area contributed by atoms with Gasteiger partial charge in [0.25, 0.3) is 0 Å². The van der Waals surface area contributed by atoms with Crippen LogP contribution in [0.2, 0.25) is 0 Å². The predicted molar refractivity (Wildman–Crippen MR) is 78.4 cm³/mol. The minimum Gasteiger partial charge on any atom is -0.382 e. The molecule has 1 heteroatoms. The molecule has 0 heterocycles. The maximum absolute atomic E-state index is 4.83. The third-order valence-electron chi connectivity index (χ3n) is 2.03. The molecule has 0 aliphatic rings. The van der Waals surface area contributed by atoms with Gasteiger partial charge in [0.1, 0.15) is 0 Å². The zero-order valence-corrected chi connectivity index (χ0v) is 12.1. The average molecular weight is 238 g/mol. The molecule has 0 N–H and O–H groups in total. The fourth-order valence-corrected chi connectivity index (χ4v) is 1.09. The van der Waals surface area contributed by atoms with Crippen LogP contribution in [0.25, 0.3) is 0 Å². The van der Waals surface area contributed by atoms with Gasteiger partial charge in [-0.25, -0.2) is 0 Å². The van der Waals surface area contributed by atoms with E-state index in [0.29, 0.717) is 0 Å². The average Bonchev–Trinajstić information content (AvgIpc) is 2.41. The van der Waals surface area contributed by atoms with Gasteiger partial charge in [0.05, 0.1) is 0 Å². The number of benzene rings is 1. The van der Waals surface area contributed by atoms with Gasteiger partial charge >= 0.3 is 0 Å². The summed E-state index contributed by atoms with van der Waals surface area (Å²) in [5, 5.41) is 0. The molecule has 0 fully saturated rings. The van der Waals surface area contributed by atoms with Crippen molar-refractivity contribution < 1.29 is 4.74 Å². The molecule has 0 bridgehead atoms. The van der Waals surface area contributed by atoms with E-state index in [2.05, 4.69) is 13.8 Å².